The number of fused-ring (bicyclic) bond motifs is 1. The maximum atomic E-state index is 12.3. The van der Waals surface area contributed by atoms with Gasteiger partial charge in [0.05, 0.1) is 16.8 Å². The van der Waals surface area contributed by atoms with Gasteiger partial charge in [-0.1, -0.05) is 0 Å². The Morgan fingerprint density at radius 2 is 1.97 bits per heavy atom. The molecule has 1 aliphatic heterocycles. The summed E-state index contributed by atoms with van der Waals surface area (Å²) >= 11 is 1.74. The van der Waals surface area contributed by atoms with E-state index in [0.717, 1.165) is 58.8 Å². The van der Waals surface area contributed by atoms with Crippen LogP contribution in [0.1, 0.15) is 59.3 Å². The summed E-state index contributed by atoms with van der Waals surface area (Å²) in [5.41, 5.74) is 9.14. The number of rotatable bonds is 9. The number of nitrogens with zero attached hydrogens (tertiary/aromatic N) is 1. The first-order chi connectivity index (χ1) is 16.4. The fourth-order valence-corrected chi connectivity index (χ4v) is 7.00. The van der Waals surface area contributed by atoms with E-state index in [1.165, 1.54) is 17.7 Å². The predicted molar refractivity (Wildman–Crippen MR) is 138 cm³/mol. The van der Waals surface area contributed by atoms with Crippen LogP contribution in [0.4, 0.5) is 0 Å². The Morgan fingerprint density at radius 3 is 2.65 bits per heavy atom. The van der Waals surface area contributed by atoms with Gasteiger partial charge in [-0.2, -0.15) is 0 Å². The molecule has 7 nitrogen and oxygen atoms in total. The van der Waals surface area contributed by atoms with Gasteiger partial charge in [-0.15, -0.1) is 11.3 Å². The van der Waals surface area contributed by atoms with Crippen LogP contribution >= 0.6 is 11.3 Å². The first-order valence-electron chi connectivity index (χ1n) is 12.1. The summed E-state index contributed by atoms with van der Waals surface area (Å²) in [5, 5.41) is 4.54. The molecule has 182 valence electrons. The molecule has 34 heavy (non-hydrogen) atoms. The largest absolute Gasteiger partial charge is 0.366 e. The molecule has 9 heteroatoms. The third kappa shape index (κ3) is 4.79. The minimum Gasteiger partial charge on any atom is -0.366 e. The van der Waals surface area contributed by atoms with E-state index in [0.29, 0.717) is 18.7 Å². The van der Waals surface area contributed by atoms with Crippen LogP contribution in [0, 0.1) is 5.92 Å². The van der Waals surface area contributed by atoms with E-state index in [-0.39, 0.29) is 11.7 Å². The van der Waals surface area contributed by atoms with E-state index in [1.54, 1.807) is 22.6 Å². The number of benzene rings is 1. The number of carbonyl (C=O) groups excluding carboxylic acids is 1. The van der Waals surface area contributed by atoms with Gasteiger partial charge in [0.2, 0.25) is 10.0 Å². The van der Waals surface area contributed by atoms with Crippen LogP contribution in [0.2, 0.25) is 0 Å². The predicted octanol–water partition coefficient (Wildman–Crippen LogP) is 4.02. The van der Waals surface area contributed by atoms with Crippen molar-refractivity contribution < 1.29 is 13.2 Å². The van der Waals surface area contributed by atoms with E-state index >= 15 is 0 Å². The molecule has 1 aliphatic carbocycles. The first kappa shape index (κ1) is 23.5. The molecule has 1 saturated carbocycles. The molecule has 4 N–H and O–H groups in total. The number of nitrogens with two attached hydrogens (primary N) is 1. The average Bonchev–Trinajstić information content (AvgIpc) is 3.36. The molecule has 3 aromatic rings. The number of amides is 1. The van der Waals surface area contributed by atoms with Crippen LogP contribution in [0.3, 0.4) is 0 Å². The number of piperidine rings is 1. The molecular formula is C25H32N4O3S2. The quantitative estimate of drug-likeness (QED) is 0.412. The van der Waals surface area contributed by atoms with Crippen LogP contribution in [0.5, 0.6) is 0 Å². The minimum atomic E-state index is -3.16. The standard InChI is InChI=1S/C25H32N4O3S2/c1-2-34(31,32)29-9-7-17(8-10-29)22-15-28-24-20(22)11-18(12-21(24)25(26)30)23-6-5-19(33-23)14-27-13-16-3-4-16/h5-6,11-12,15-17,27-28H,2-4,7-10,13-14H2,1H3,(H2,26,30). The van der Waals surface area contributed by atoms with Gasteiger partial charge >= 0.3 is 0 Å². The Hall–Kier alpha value is -2.20. The smallest absolute Gasteiger partial charge is 0.250 e. The summed E-state index contributed by atoms with van der Waals surface area (Å²) in [7, 11) is -3.16. The van der Waals surface area contributed by atoms with Crippen LogP contribution in [-0.4, -0.2) is 49.0 Å². The van der Waals surface area contributed by atoms with Gasteiger partial charge < -0.3 is 16.0 Å². The van der Waals surface area contributed by atoms with Crippen LogP contribution < -0.4 is 11.1 Å². The second-order valence-corrected chi connectivity index (χ2v) is 12.9. The number of hydrogen-bond acceptors (Lipinski definition) is 5. The molecule has 2 aliphatic rings. The molecule has 0 spiro atoms. The Bertz CT molecular complexity index is 1300. The molecular weight excluding hydrogens is 468 g/mol. The van der Waals surface area contributed by atoms with Crippen molar-refractivity contribution in [3.8, 4) is 10.4 Å². The number of nitrogens with one attached hydrogen (secondary N) is 2. The first-order valence-corrected chi connectivity index (χ1v) is 14.5. The highest BCUT2D eigenvalue weighted by molar-refractivity contribution is 7.89. The number of H-pyrrole nitrogens is 1. The highest BCUT2D eigenvalue weighted by atomic mass is 32.2. The molecule has 3 heterocycles. The number of hydrogen-bond donors (Lipinski definition) is 3. The third-order valence-electron chi connectivity index (χ3n) is 7.11. The number of aromatic amines is 1. The maximum Gasteiger partial charge on any atom is 0.250 e. The monoisotopic (exact) mass is 500 g/mol. The number of aromatic nitrogens is 1. The van der Waals surface area contributed by atoms with Crippen molar-refractivity contribution in [2.45, 2.75) is 45.1 Å². The van der Waals surface area contributed by atoms with Crippen LogP contribution in [0.15, 0.2) is 30.5 Å². The van der Waals surface area contributed by atoms with Crippen molar-refractivity contribution >= 4 is 38.2 Å². The Labute approximate surface area is 204 Å². The summed E-state index contributed by atoms with van der Waals surface area (Å²) < 4.78 is 26.1. The zero-order valence-electron chi connectivity index (χ0n) is 19.5. The van der Waals surface area contributed by atoms with Crippen molar-refractivity contribution in [1.82, 2.24) is 14.6 Å². The number of thiophene rings is 1. The van der Waals surface area contributed by atoms with Gasteiger partial charge in [-0.05, 0) is 86.4 Å². The van der Waals surface area contributed by atoms with Gasteiger partial charge in [0, 0.05) is 41.0 Å². The third-order valence-corrected chi connectivity index (χ3v) is 10.1. The highest BCUT2D eigenvalue weighted by Crippen LogP contribution is 2.38. The number of sulfonamides is 1. The normalized spacial score (nSPS) is 18.0. The molecule has 0 bridgehead atoms. The van der Waals surface area contributed by atoms with Crippen LogP contribution in [0.25, 0.3) is 21.3 Å². The SMILES string of the molecule is CCS(=O)(=O)N1CCC(c2c[nH]c3c(C(N)=O)cc(-c4ccc(CNCC5CC5)s4)cc23)CC1. The van der Waals surface area contributed by atoms with Crippen molar-refractivity contribution in [3.05, 3.63) is 46.5 Å². The van der Waals surface area contributed by atoms with Crippen LogP contribution in [-0.2, 0) is 16.6 Å². The number of carbonyl (C=O) groups is 1. The lowest BCUT2D eigenvalue weighted by Gasteiger charge is -2.31. The van der Waals surface area contributed by atoms with Gasteiger partial charge in [-0.3, -0.25) is 4.79 Å². The van der Waals surface area contributed by atoms with Gasteiger partial charge in [0.25, 0.3) is 5.91 Å². The Balaban J connectivity index is 1.42. The molecule has 1 amide bonds. The molecule has 5 rings (SSSR count). The molecule has 2 fully saturated rings. The molecule has 1 saturated heterocycles. The molecule has 1 aromatic carbocycles. The summed E-state index contributed by atoms with van der Waals surface area (Å²) in [6, 6.07) is 8.30. The maximum absolute atomic E-state index is 12.3. The lowest BCUT2D eigenvalue weighted by Crippen LogP contribution is -2.38. The molecule has 0 unspecified atom stereocenters. The van der Waals surface area contributed by atoms with Crippen molar-refractivity contribution in [1.29, 1.82) is 0 Å². The van der Waals surface area contributed by atoms with E-state index in [2.05, 4.69) is 28.5 Å². The minimum absolute atomic E-state index is 0.134. The average molecular weight is 501 g/mol. The number of primary amides is 1. The topological polar surface area (TPSA) is 108 Å². The highest BCUT2D eigenvalue weighted by Gasteiger charge is 2.29. The fraction of sp³-hybridized carbons (Fsp3) is 0.480. The summed E-state index contributed by atoms with van der Waals surface area (Å²) in [5.74, 6) is 0.765. The second kappa shape index (κ2) is 9.45. The van der Waals surface area contributed by atoms with E-state index in [9.17, 15) is 13.2 Å². The van der Waals surface area contributed by atoms with Gasteiger partial charge in [-0.25, -0.2) is 12.7 Å². The van der Waals surface area contributed by atoms with E-state index in [1.807, 2.05) is 12.3 Å². The summed E-state index contributed by atoms with van der Waals surface area (Å²) in [6.45, 7) is 4.68. The molecule has 2 aromatic heterocycles. The summed E-state index contributed by atoms with van der Waals surface area (Å²) in [6.07, 6.45) is 6.17. The van der Waals surface area contributed by atoms with Crippen molar-refractivity contribution in [3.63, 3.8) is 0 Å². The lowest BCUT2D eigenvalue weighted by atomic mass is 9.89. The second-order valence-electron chi connectivity index (χ2n) is 9.47. The Morgan fingerprint density at radius 1 is 1.21 bits per heavy atom. The van der Waals surface area contributed by atoms with E-state index < -0.39 is 15.9 Å². The van der Waals surface area contributed by atoms with Gasteiger partial charge in [0.15, 0.2) is 0 Å². The van der Waals surface area contributed by atoms with Gasteiger partial charge in [0.1, 0.15) is 0 Å². The fourth-order valence-electron chi connectivity index (χ4n) is 4.90. The zero-order valence-corrected chi connectivity index (χ0v) is 21.1. The van der Waals surface area contributed by atoms with Crippen molar-refractivity contribution in [2.24, 2.45) is 11.7 Å². The van der Waals surface area contributed by atoms with E-state index in [4.69, 9.17) is 5.73 Å². The zero-order chi connectivity index (χ0) is 23.9. The molecule has 0 atom stereocenters. The van der Waals surface area contributed by atoms with Crippen molar-refractivity contribution in [2.75, 3.05) is 25.4 Å². The lowest BCUT2D eigenvalue weighted by molar-refractivity contribution is 0.100. The summed E-state index contributed by atoms with van der Waals surface area (Å²) in [4.78, 5) is 18.0. The Kier molecular flexibility index (Phi) is 6.54. The molecule has 0 radical (unpaired) electrons.